The van der Waals surface area contributed by atoms with Crippen LogP contribution in [-0.4, -0.2) is 37.6 Å². The Bertz CT molecular complexity index is 966. The lowest BCUT2D eigenvalue weighted by Gasteiger charge is -2.32. The summed E-state index contributed by atoms with van der Waals surface area (Å²) in [6.45, 7) is 4.03. The molecule has 1 N–H and O–H groups in total. The molecule has 1 atom stereocenters. The lowest BCUT2D eigenvalue weighted by Crippen LogP contribution is -2.40. The molecule has 31 heavy (non-hydrogen) atoms. The van der Waals surface area contributed by atoms with Crippen LogP contribution in [0.4, 0.5) is 0 Å². The van der Waals surface area contributed by atoms with E-state index in [9.17, 15) is 4.79 Å². The summed E-state index contributed by atoms with van der Waals surface area (Å²) in [4.78, 5) is 15.0. The molecule has 1 fully saturated rings. The zero-order valence-corrected chi connectivity index (χ0v) is 18.0. The highest BCUT2D eigenvalue weighted by molar-refractivity contribution is 5.94. The van der Waals surface area contributed by atoms with E-state index < -0.39 is 0 Å². The van der Waals surface area contributed by atoms with Crippen molar-refractivity contribution in [2.75, 3.05) is 26.7 Å². The monoisotopic (exact) mass is 418 g/mol. The molecule has 4 rings (SSSR count). The first kappa shape index (κ1) is 21.3. The minimum absolute atomic E-state index is 0.00743. The van der Waals surface area contributed by atoms with Crippen molar-refractivity contribution in [3.63, 3.8) is 0 Å². The maximum atomic E-state index is 12.6. The molecule has 1 aliphatic rings. The number of hydrogen-bond acceptors (Lipinski definition) is 4. The highest BCUT2D eigenvalue weighted by Crippen LogP contribution is 2.21. The number of furan rings is 1. The second-order valence-electron chi connectivity index (χ2n) is 8.20. The van der Waals surface area contributed by atoms with Crippen molar-refractivity contribution in [3.8, 4) is 11.1 Å². The van der Waals surface area contributed by atoms with Crippen molar-refractivity contribution >= 4 is 5.91 Å². The van der Waals surface area contributed by atoms with Crippen molar-refractivity contribution in [1.29, 1.82) is 0 Å². The van der Waals surface area contributed by atoms with Crippen LogP contribution in [0.5, 0.6) is 0 Å². The van der Waals surface area contributed by atoms with E-state index >= 15 is 0 Å². The number of ether oxygens (including phenoxy) is 1. The van der Waals surface area contributed by atoms with Gasteiger partial charge in [-0.15, -0.1) is 0 Å². The van der Waals surface area contributed by atoms with Crippen LogP contribution in [0.2, 0.25) is 0 Å². The van der Waals surface area contributed by atoms with Gasteiger partial charge in [-0.3, -0.25) is 9.69 Å². The van der Waals surface area contributed by atoms with Crippen LogP contribution in [0, 0.1) is 5.92 Å². The molecule has 0 unspecified atom stereocenters. The average molecular weight is 419 g/mol. The zero-order chi connectivity index (χ0) is 21.5. The standard InChI is InChI=1S/C26H30N2O3/c1-30-19-25-14-13-24(31-25)18-28-15-5-6-20(17-28)16-27-26(29)23-11-9-22(10-12-23)21-7-3-2-4-8-21/h2-4,7-14,20H,5-6,15-19H2,1H3,(H,27,29)/t20-/m0/s1. The normalized spacial score (nSPS) is 16.9. The van der Waals surface area contributed by atoms with Gasteiger partial charge in [0.2, 0.25) is 0 Å². The second kappa shape index (κ2) is 10.4. The highest BCUT2D eigenvalue weighted by atomic mass is 16.5. The van der Waals surface area contributed by atoms with E-state index in [1.165, 1.54) is 0 Å². The molecule has 1 amide bonds. The summed E-state index contributed by atoms with van der Waals surface area (Å²) in [6.07, 6.45) is 2.27. The molecule has 0 spiro atoms. The van der Waals surface area contributed by atoms with Gasteiger partial charge in [-0.2, -0.15) is 0 Å². The van der Waals surface area contributed by atoms with Crippen molar-refractivity contribution in [2.45, 2.75) is 26.0 Å². The van der Waals surface area contributed by atoms with Gasteiger partial charge in [-0.1, -0.05) is 42.5 Å². The fraction of sp³-hybridized carbons (Fsp3) is 0.346. The van der Waals surface area contributed by atoms with Crippen molar-refractivity contribution < 1.29 is 13.9 Å². The molecule has 2 heterocycles. The van der Waals surface area contributed by atoms with Gasteiger partial charge in [0, 0.05) is 25.8 Å². The summed E-state index contributed by atoms with van der Waals surface area (Å²) in [7, 11) is 1.67. The summed E-state index contributed by atoms with van der Waals surface area (Å²) in [6, 6.07) is 22.0. The number of likely N-dealkylation sites (tertiary alicyclic amines) is 1. The molecule has 5 heteroatoms. The Morgan fingerprint density at radius 3 is 2.55 bits per heavy atom. The van der Waals surface area contributed by atoms with Gasteiger partial charge in [-0.25, -0.2) is 0 Å². The van der Waals surface area contributed by atoms with E-state index in [0.29, 0.717) is 24.6 Å². The van der Waals surface area contributed by atoms with Crippen LogP contribution in [0.25, 0.3) is 11.1 Å². The number of rotatable bonds is 8. The molecule has 0 radical (unpaired) electrons. The number of amides is 1. The zero-order valence-electron chi connectivity index (χ0n) is 18.0. The largest absolute Gasteiger partial charge is 0.462 e. The number of methoxy groups -OCH3 is 1. The fourth-order valence-corrected chi connectivity index (χ4v) is 4.19. The van der Waals surface area contributed by atoms with Gasteiger partial charge in [0.25, 0.3) is 5.91 Å². The van der Waals surface area contributed by atoms with Crippen LogP contribution < -0.4 is 5.32 Å². The van der Waals surface area contributed by atoms with Crippen molar-refractivity contribution in [1.82, 2.24) is 10.2 Å². The van der Waals surface area contributed by atoms with E-state index in [0.717, 1.165) is 55.1 Å². The average Bonchev–Trinajstić information content (AvgIpc) is 3.25. The third kappa shape index (κ3) is 5.84. The summed E-state index contributed by atoms with van der Waals surface area (Å²) in [5.74, 6) is 2.27. The summed E-state index contributed by atoms with van der Waals surface area (Å²) < 4.78 is 10.9. The number of piperidine rings is 1. The summed E-state index contributed by atoms with van der Waals surface area (Å²) >= 11 is 0. The molecule has 0 bridgehead atoms. The topological polar surface area (TPSA) is 54.7 Å². The van der Waals surface area contributed by atoms with Gasteiger partial charge >= 0.3 is 0 Å². The first-order chi connectivity index (χ1) is 15.2. The number of nitrogens with one attached hydrogen (secondary N) is 1. The lowest BCUT2D eigenvalue weighted by molar-refractivity contribution is 0.0927. The molecule has 5 nitrogen and oxygen atoms in total. The number of carbonyl (C=O) groups excluding carboxylic acids is 1. The predicted molar refractivity (Wildman–Crippen MR) is 122 cm³/mol. The third-order valence-corrected chi connectivity index (χ3v) is 5.79. The number of carbonyl (C=O) groups is 1. The van der Waals surface area contributed by atoms with Crippen molar-refractivity contribution in [2.24, 2.45) is 5.92 Å². The van der Waals surface area contributed by atoms with E-state index in [2.05, 4.69) is 22.3 Å². The second-order valence-corrected chi connectivity index (χ2v) is 8.20. The maximum absolute atomic E-state index is 12.6. The van der Waals surface area contributed by atoms with E-state index in [1.807, 2.05) is 54.6 Å². The molecule has 1 aliphatic heterocycles. The highest BCUT2D eigenvalue weighted by Gasteiger charge is 2.21. The van der Waals surface area contributed by atoms with Gasteiger partial charge in [0.1, 0.15) is 18.1 Å². The third-order valence-electron chi connectivity index (χ3n) is 5.79. The quantitative estimate of drug-likeness (QED) is 0.574. The molecule has 0 aliphatic carbocycles. The molecule has 2 aromatic carbocycles. The minimum atomic E-state index is -0.00743. The SMILES string of the molecule is COCc1ccc(CN2CCC[C@@H](CNC(=O)c3ccc(-c4ccccc4)cc3)C2)o1. The first-order valence-electron chi connectivity index (χ1n) is 10.9. The Hall–Kier alpha value is -2.89. The Labute approximate surface area is 184 Å². The minimum Gasteiger partial charge on any atom is -0.462 e. The Morgan fingerprint density at radius 1 is 1.03 bits per heavy atom. The molecule has 1 saturated heterocycles. The van der Waals surface area contributed by atoms with E-state index in [-0.39, 0.29) is 5.91 Å². The van der Waals surface area contributed by atoms with Crippen LogP contribution in [0.3, 0.4) is 0 Å². The van der Waals surface area contributed by atoms with Gasteiger partial charge in [-0.05, 0) is 60.7 Å². The summed E-state index contributed by atoms with van der Waals surface area (Å²) in [5, 5.41) is 3.13. The van der Waals surface area contributed by atoms with Gasteiger partial charge in [0.15, 0.2) is 0 Å². The lowest BCUT2D eigenvalue weighted by atomic mass is 9.97. The Balaban J connectivity index is 1.26. The molecule has 1 aromatic heterocycles. The van der Waals surface area contributed by atoms with Crippen molar-refractivity contribution in [3.05, 3.63) is 83.8 Å². The molecule has 0 saturated carbocycles. The molecular formula is C26H30N2O3. The molecule has 3 aromatic rings. The van der Waals surface area contributed by atoms with Crippen LogP contribution in [0.1, 0.15) is 34.7 Å². The predicted octanol–water partition coefficient (Wildman–Crippen LogP) is 4.74. The number of nitrogens with zero attached hydrogens (tertiary/aromatic N) is 1. The first-order valence-corrected chi connectivity index (χ1v) is 10.9. The van der Waals surface area contributed by atoms with Crippen LogP contribution in [-0.2, 0) is 17.9 Å². The van der Waals surface area contributed by atoms with Crippen LogP contribution >= 0.6 is 0 Å². The van der Waals surface area contributed by atoms with Gasteiger partial charge in [0.05, 0.1) is 6.54 Å². The van der Waals surface area contributed by atoms with Gasteiger partial charge < -0.3 is 14.5 Å². The van der Waals surface area contributed by atoms with E-state index in [1.54, 1.807) is 7.11 Å². The van der Waals surface area contributed by atoms with E-state index in [4.69, 9.17) is 9.15 Å². The number of benzene rings is 2. The Morgan fingerprint density at radius 2 is 1.77 bits per heavy atom. The number of hydrogen-bond donors (Lipinski definition) is 1. The smallest absolute Gasteiger partial charge is 0.251 e. The Kier molecular flexibility index (Phi) is 7.18. The fourth-order valence-electron chi connectivity index (χ4n) is 4.19. The van der Waals surface area contributed by atoms with Crippen LogP contribution in [0.15, 0.2) is 71.1 Å². The summed E-state index contributed by atoms with van der Waals surface area (Å²) in [5.41, 5.74) is 2.97. The maximum Gasteiger partial charge on any atom is 0.251 e. The molecule has 162 valence electrons. The molecular weight excluding hydrogens is 388 g/mol.